The van der Waals surface area contributed by atoms with Crippen molar-refractivity contribution < 1.29 is 9.32 Å². The van der Waals surface area contributed by atoms with Crippen LogP contribution in [0.25, 0.3) is 0 Å². The molecule has 2 aromatic rings. The summed E-state index contributed by atoms with van der Waals surface area (Å²) in [5.74, 6) is 0.677. The van der Waals surface area contributed by atoms with Gasteiger partial charge in [0.05, 0.1) is 0 Å². The first-order valence-electron chi connectivity index (χ1n) is 5.50. The molecule has 0 saturated heterocycles. The minimum atomic E-state index is -0.258. The van der Waals surface area contributed by atoms with Gasteiger partial charge in [0.15, 0.2) is 5.69 Å². The topological polar surface area (TPSA) is 55.1 Å². The summed E-state index contributed by atoms with van der Waals surface area (Å²) in [4.78, 5) is 11.8. The monoisotopic (exact) mass is 230 g/mol. The number of carbonyl (C=O) groups excluding carboxylic acids is 1. The number of anilines is 1. The summed E-state index contributed by atoms with van der Waals surface area (Å²) < 4.78 is 5.07. The molecule has 1 aromatic heterocycles. The zero-order valence-corrected chi connectivity index (χ0v) is 9.81. The molecule has 0 aliphatic rings. The Labute approximate surface area is 99.6 Å². The van der Waals surface area contributed by atoms with E-state index in [9.17, 15) is 4.79 Å². The number of hydrogen-bond donors (Lipinski definition) is 1. The van der Waals surface area contributed by atoms with Crippen LogP contribution >= 0.6 is 0 Å². The van der Waals surface area contributed by atoms with E-state index in [4.69, 9.17) is 4.52 Å². The molecular formula is C13H14N2O2. The summed E-state index contributed by atoms with van der Waals surface area (Å²) in [7, 11) is 0. The van der Waals surface area contributed by atoms with Crippen molar-refractivity contribution in [3.63, 3.8) is 0 Å². The van der Waals surface area contributed by atoms with E-state index in [2.05, 4.69) is 10.5 Å². The van der Waals surface area contributed by atoms with Gasteiger partial charge in [0, 0.05) is 17.7 Å². The van der Waals surface area contributed by atoms with Crippen LogP contribution < -0.4 is 5.32 Å². The highest BCUT2D eigenvalue weighted by Gasteiger charge is 2.14. The van der Waals surface area contributed by atoms with E-state index in [1.54, 1.807) is 6.07 Å². The van der Waals surface area contributed by atoms with Crippen molar-refractivity contribution in [2.45, 2.75) is 19.8 Å². The number of aromatic nitrogens is 1. The van der Waals surface area contributed by atoms with Crippen molar-refractivity contribution >= 4 is 11.6 Å². The Balaban J connectivity index is 2.10. The minimum absolute atomic E-state index is 0.223. The summed E-state index contributed by atoms with van der Waals surface area (Å²) in [6.45, 7) is 3.97. The minimum Gasteiger partial charge on any atom is -0.360 e. The van der Waals surface area contributed by atoms with E-state index in [1.807, 2.05) is 44.2 Å². The van der Waals surface area contributed by atoms with Gasteiger partial charge in [-0.15, -0.1) is 0 Å². The molecule has 2 rings (SSSR count). The first-order chi connectivity index (χ1) is 8.16. The number of para-hydroxylation sites is 1. The van der Waals surface area contributed by atoms with Crippen LogP contribution in [0.2, 0.25) is 0 Å². The van der Waals surface area contributed by atoms with Crippen molar-refractivity contribution in [3.05, 3.63) is 47.9 Å². The van der Waals surface area contributed by atoms with E-state index in [1.165, 1.54) is 0 Å². The van der Waals surface area contributed by atoms with Gasteiger partial charge in [-0.25, -0.2) is 0 Å². The van der Waals surface area contributed by atoms with Gasteiger partial charge < -0.3 is 9.84 Å². The summed E-state index contributed by atoms with van der Waals surface area (Å²) in [5.41, 5.74) is 1.05. The third-order valence-electron chi connectivity index (χ3n) is 2.36. The molecule has 4 heteroatoms. The first-order valence-corrected chi connectivity index (χ1v) is 5.50. The van der Waals surface area contributed by atoms with Crippen molar-refractivity contribution in [2.24, 2.45) is 0 Å². The molecule has 88 valence electrons. The van der Waals surface area contributed by atoms with Crippen molar-refractivity contribution in [3.8, 4) is 0 Å². The van der Waals surface area contributed by atoms with Crippen molar-refractivity contribution in [1.82, 2.24) is 5.16 Å². The Kier molecular flexibility index (Phi) is 3.23. The maximum absolute atomic E-state index is 11.8. The number of amides is 1. The fourth-order valence-electron chi connectivity index (χ4n) is 1.39. The SMILES string of the molecule is CC(C)c1cc(C(=O)Nc2ccccc2)no1. The average Bonchev–Trinajstić information content (AvgIpc) is 2.79. The molecule has 0 unspecified atom stereocenters. The normalized spacial score (nSPS) is 10.5. The van der Waals surface area contributed by atoms with E-state index in [0.29, 0.717) is 11.5 Å². The molecule has 0 spiro atoms. The Bertz CT molecular complexity index is 503. The molecule has 0 fully saturated rings. The smallest absolute Gasteiger partial charge is 0.277 e. The van der Waals surface area contributed by atoms with Gasteiger partial charge in [-0.05, 0) is 12.1 Å². The number of carbonyl (C=O) groups is 1. The lowest BCUT2D eigenvalue weighted by Gasteiger charge is -2.00. The largest absolute Gasteiger partial charge is 0.360 e. The number of hydrogen-bond acceptors (Lipinski definition) is 3. The molecule has 1 heterocycles. The number of nitrogens with zero attached hydrogens (tertiary/aromatic N) is 1. The van der Waals surface area contributed by atoms with Crippen LogP contribution in [0.3, 0.4) is 0 Å². The van der Waals surface area contributed by atoms with Crippen LogP contribution in [0.1, 0.15) is 36.0 Å². The van der Waals surface area contributed by atoms with Crippen LogP contribution in [0.5, 0.6) is 0 Å². The summed E-state index contributed by atoms with van der Waals surface area (Å²) >= 11 is 0. The predicted octanol–water partition coefficient (Wildman–Crippen LogP) is 3.05. The van der Waals surface area contributed by atoms with Gasteiger partial charge in [-0.3, -0.25) is 4.79 Å². The van der Waals surface area contributed by atoms with E-state index < -0.39 is 0 Å². The zero-order chi connectivity index (χ0) is 12.3. The lowest BCUT2D eigenvalue weighted by Crippen LogP contribution is -2.11. The first kappa shape index (κ1) is 11.4. The summed E-state index contributed by atoms with van der Waals surface area (Å²) in [6.07, 6.45) is 0. The van der Waals surface area contributed by atoms with Gasteiger partial charge in [0.25, 0.3) is 5.91 Å². The summed E-state index contributed by atoms with van der Waals surface area (Å²) in [6, 6.07) is 10.9. The number of nitrogens with one attached hydrogen (secondary N) is 1. The molecular weight excluding hydrogens is 216 g/mol. The Morgan fingerprint density at radius 1 is 1.29 bits per heavy atom. The zero-order valence-electron chi connectivity index (χ0n) is 9.81. The molecule has 0 saturated carbocycles. The van der Waals surface area contributed by atoms with E-state index >= 15 is 0 Å². The maximum atomic E-state index is 11.8. The summed E-state index contributed by atoms with van der Waals surface area (Å²) in [5, 5.41) is 6.50. The molecule has 1 amide bonds. The van der Waals surface area contributed by atoms with Crippen LogP contribution in [-0.4, -0.2) is 11.1 Å². The Morgan fingerprint density at radius 2 is 2.00 bits per heavy atom. The lowest BCUT2D eigenvalue weighted by molar-refractivity contribution is 0.101. The second kappa shape index (κ2) is 4.82. The average molecular weight is 230 g/mol. The van der Waals surface area contributed by atoms with Crippen molar-refractivity contribution in [1.29, 1.82) is 0 Å². The molecule has 4 nitrogen and oxygen atoms in total. The van der Waals surface area contributed by atoms with Crippen molar-refractivity contribution in [2.75, 3.05) is 5.32 Å². The van der Waals surface area contributed by atoms with Crippen LogP contribution in [0, 0.1) is 0 Å². The second-order valence-electron chi connectivity index (χ2n) is 4.09. The fourth-order valence-corrected chi connectivity index (χ4v) is 1.39. The second-order valence-corrected chi connectivity index (χ2v) is 4.09. The third kappa shape index (κ3) is 2.72. The van der Waals surface area contributed by atoms with Gasteiger partial charge in [0.2, 0.25) is 0 Å². The van der Waals surface area contributed by atoms with Gasteiger partial charge in [-0.2, -0.15) is 0 Å². The Hall–Kier alpha value is -2.10. The molecule has 0 radical (unpaired) electrons. The van der Waals surface area contributed by atoms with Crippen LogP contribution in [0.4, 0.5) is 5.69 Å². The third-order valence-corrected chi connectivity index (χ3v) is 2.36. The molecule has 0 bridgehead atoms. The van der Waals surface area contributed by atoms with Gasteiger partial charge in [0.1, 0.15) is 5.76 Å². The molecule has 1 N–H and O–H groups in total. The maximum Gasteiger partial charge on any atom is 0.277 e. The molecule has 1 aromatic carbocycles. The highest BCUT2D eigenvalue weighted by molar-refractivity contribution is 6.02. The molecule has 0 aliphatic carbocycles. The lowest BCUT2D eigenvalue weighted by atomic mass is 10.1. The number of rotatable bonds is 3. The predicted molar refractivity (Wildman–Crippen MR) is 65.0 cm³/mol. The fraction of sp³-hybridized carbons (Fsp3) is 0.231. The number of benzene rings is 1. The molecule has 17 heavy (non-hydrogen) atoms. The highest BCUT2D eigenvalue weighted by Crippen LogP contribution is 2.16. The quantitative estimate of drug-likeness (QED) is 0.881. The van der Waals surface area contributed by atoms with Crippen LogP contribution in [0.15, 0.2) is 40.9 Å². The van der Waals surface area contributed by atoms with E-state index in [0.717, 1.165) is 5.69 Å². The van der Waals surface area contributed by atoms with Gasteiger partial charge in [-0.1, -0.05) is 37.2 Å². The van der Waals surface area contributed by atoms with Gasteiger partial charge >= 0.3 is 0 Å². The highest BCUT2D eigenvalue weighted by atomic mass is 16.5. The van der Waals surface area contributed by atoms with E-state index in [-0.39, 0.29) is 11.8 Å². The Morgan fingerprint density at radius 3 is 2.59 bits per heavy atom. The standard InChI is InChI=1S/C13H14N2O2/c1-9(2)12-8-11(15-17-12)13(16)14-10-6-4-3-5-7-10/h3-9H,1-2H3,(H,14,16). The molecule has 0 aliphatic heterocycles. The van der Waals surface area contributed by atoms with Crippen LogP contribution in [-0.2, 0) is 0 Å². The molecule has 0 atom stereocenters.